The maximum absolute atomic E-state index is 12.9. The van der Waals surface area contributed by atoms with Gasteiger partial charge in [-0.2, -0.15) is 16.1 Å². The maximum Gasteiger partial charge on any atom is 0.251 e. The minimum absolute atomic E-state index is 0.193. The Morgan fingerprint density at radius 3 is 2.60 bits per heavy atom. The van der Waals surface area contributed by atoms with Gasteiger partial charge >= 0.3 is 0 Å². The molecule has 0 bridgehead atoms. The highest BCUT2D eigenvalue weighted by molar-refractivity contribution is 7.98. The van der Waals surface area contributed by atoms with Gasteiger partial charge in [0.2, 0.25) is 10.0 Å². The number of rotatable bonds is 8. The zero-order valence-electron chi connectivity index (χ0n) is 17.6. The third kappa shape index (κ3) is 6.09. The van der Waals surface area contributed by atoms with E-state index in [0.29, 0.717) is 31.1 Å². The van der Waals surface area contributed by atoms with Crippen molar-refractivity contribution in [2.75, 3.05) is 25.4 Å². The monoisotopic (exact) mass is 446 g/mol. The van der Waals surface area contributed by atoms with Crippen LogP contribution in [0.2, 0.25) is 0 Å². The lowest BCUT2D eigenvalue weighted by molar-refractivity contribution is 0.0956. The van der Waals surface area contributed by atoms with Gasteiger partial charge in [-0.05, 0) is 49.4 Å². The molecular weight excluding hydrogens is 416 g/mol. The summed E-state index contributed by atoms with van der Waals surface area (Å²) in [6.07, 6.45) is 1.75. The molecule has 3 rings (SSSR count). The second-order valence-corrected chi connectivity index (χ2v) is 11.0. The molecule has 1 aliphatic rings. The van der Waals surface area contributed by atoms with Gasteiger partial charge in [-0.15, -0.1) is 0 Å². The molecule has 0 unspecified atom stereocenters. The highest BCUT2D eigenvalue weighted by Crippen LogP contribution is 2.24. The summed E-state index contributed by atoms with van der Waals surface area (Å²) in [6, 6.07) is 14.8. The number of sulfonamides is 1. The lowest BCUT2D eigenvalue weighted by atomic mass is 10.0. The van der Waals surface area contributed by atoms with Crippen molar-refractivity contribution in [1.82, 2.24) is 9.62 Å². The van der Waals surface area contributed by atoms with E-state index >= 15 is 0 Å². The van der Waals surface area contributed by atoms with Crippen molar-refractivity contribution in [2.45, 2.75) is 37.3 Å². The number of piperidine rings is 1. The molecule has 0 atom stereocenters. The molecule has 1 aliphatic heterocycles. The first kappa shape index (κ1) is 22.8. The van der Waals surface area contributed by atoms with Crippen molar-refractivity contribution in [3.05, 3.63) is 65.2 Å². The Morgan fingerprint density at radius 1 is 1.13 bits per heavy atom. The van der Waals surface area contributed by atoms with Crippen molar-refractivity contribution in [1.29, 1.82) is 0 Å². The topological polar surface area (TPSA) is 66.5 Å². The number of carbonyl (C=O) groups is 1. The summed E-state index contributed by atoms with van der Waals surface area (Å²) < 4.78 is 27.4. The van der Waals surface area contributed by atoms with Gasteiger partial charge in [0.1, 0.15) is 0 Å². The predicted octanol–water partition coefficient (Wildman–Crippen LogP) is 4.08. The van der Waals surface area contributed by atoms with E-state index in [-0.39, 0.29) is 10.8 Å². The zero-order valence-corrected chi connectivity index (χ0v) is 19.3. The largest absolute Gasteiger partial charge is 0.351 e. The third-order valence-electron chi connectivity index (χ3n) is 5.36. The van der Waals surface area contributed by atoms with Gasteiger partial charge in [0.05, 0.1) is 4.90 Å². The van der Waals surface area contributed by atoms with Gasteiger partial charge in [0, 0.05) is 36.7 Å². The van der Waals surface area contributed by atoms with Crippen molar-refractivity contribution >= 4 is 27.7 Å². The summed E-state index contributed by atoms with van der Waals surface area (Å²) in [7, 11) is -3.56. The molecule has 162 valence electrons. The third-order valence-corrected chi connectivity index (χ3v) is 8.28. The van der Waals surface area contributed by atoms with Crippen LogP contribution in [-0.4, -0.2) is 44.0 Å². The number of hydrogen-bond acceptors (Lipinski definition) is 4. The molecule has 1 fully saturated rings. The fourth-order valence-electron chi connectivity index (χ4n) is 3.50. The van der Waals surface area contributed by atoms with Crippen molar-refractivity contribution in [3.8, 4) is 0 Å². The summed E-state index contributed by atoms with van der Waals surface area (Å²) >= 11 is 1.76. The Bertz CT molecular complexity index is 968. The van der Waals surface area contributed by atoms with Crippen LogP contribution in [0.4, 0.5) is 0 Å². The van der Waals surface area contributed by atoms with Crippen molar-refractivity contribution < 1.29 is 13.2 Å². The Kier molecular flexibility index (Phi) is 7.97. The Balaban J connectivity index is 1.51. The van der Waals surface area contributed by atoms with E-state index < -0.39 is 10.0 Å². The fraction of sp³-hybridized carbons (Fsp3) is 0.435. The van der Waals surface area contributed by atoms with Gasteiger partial charge in [0.25, 0.3) is 5.91 Å². The van der Waals surface area contributed by atoms with E-state index in [1.54, 1.807) is 30.0 Å². The average molecular weight is 447 g/mol. The summed E-state index contributed by atoms with van der Waals surface area (Å²) in [6.45, 7) is 5.84. The van der Waals surface area contributed by atoms with Crippen molar-refractivity contribution in [3.63, 3.8) is 0 Å². The normalized spacial score (nSPS) is 15.8. The molecule has 30 heavy (non-hydrogen) atoms. The van der Waals surface area contributed by atoms with Crippen LogP contribution < -0.4 is 5.32 Å². The number of hydrogen-bond donors (Lipinski definition) is 1. The first-order valence-electron chi connectivity index (χ1n) is 10.4. The first-order chi connectivity index (χ1) is 14.4. The smallest absolute Gasteiger partial charge is 0.251 e. The molecular formula is C23H30N2O3S2. The highest BCUT2D eigenvalue weighted by atomic mass is 32.2. The molecule has 1 N–H and O–H groups in total. The molecule has 1 heterocycles. The minimum atomic E-state index is -3.56. The molecule has 0 radical (unpaired) electrons. The van der Waals surface area contributed by atoms with Crippen LogP contribution >= 0.6 is 11.8 Å². The highest BCUT2D eigenvalue weighted by Gasteiger charge is 2.28. The Morgan fingerprint density at radius 2 is 1.87 bits per heavy atom. The van der Waals surface area contributed by atoms with Crippen LogP contribution in [-0.2, 0) is 15.8 Å². The molecule has 2 aromatic carbocycles. The maximum atomic E-state index is 12.9. The number of amides is 1. The summed E-state index contributed by atoms with van der Waals surface area (Å²) in [5.74, 6) is 2.01. The van der Waals surface area contributed by atoms with Crippen LogP contribution in [0.1, 0.15) is 41.3 Å². The molecule has 7 heteroatoms. The number of thioether (sulfide) groups is 1. The Hall–Kier alpha value is -1.83. The molecule has 0 spiro atoms. The van der Waals surface area contributed by atoms with E-state index in [2.05, 4.69) is 43.4 Å². The number of aryl methyl sites for hydroxylation is 1. The molecule has 0 aliphatic carbocycles. The fourth-order valence-corrected chi connectivity index (χ4v) is 5.82. The van der Waals surface area contributed by atoms with Crippen LogP contribution in [0.3, 0.4) is 0 Å². The lowest BCUT2D eigenvalue weighted by Gasteiger charge is -2.29. The van der Waals surface area contributed by atoms with E-state index in [9.17, 15) is 13.2 Å². The summed E-state index contributed by atoms with van der Waals surface area (Å²) in [4.78, 5) is 12.7. The van der Waals surface area contributed by atoms with Crippen molar-refractivity contribution in [2.24, 2.45) is 5.92 Å². The molecule has 2 aromatic rings. The van der Waals surface area contributed by atoms with Gasteiger partial charge < -0.3 is 5.32 Å². The molecule has 1 amide bonds. The van der Waals surface area contributed by atoms with Crippen LogP contribution in [0.25, 0.3) is 0 Å². The van der Waals surface area contributed by atoms with E-state index in [4.69, 9.17) is 0 Å². The average Bonchev–Trinajstić information content (AvgIpc) is 2.74. The summed E-state index contributed by atoms with van der Waals surface area (Å²) in [5.41, 5.74) is 2.90. The predicted molar refractivity (Wildman–Crippen MR) is 123 cm³/mol. The molecule has 0 saturated carbocycles. The Labute approximate surface area is 184 Å². The second-order valence-electron chi connectivity index (χ2n) is 7.91. The number of nitrogens with one attached hydrogen (secondary N) is 1. The van der Waals surface area contributed by atoms with Gasteiger partial charge in [-0.1, -0.05) is 42.8 Å². The number of carbonyl (C=O) groups excluding carboxylic acids is 1. The molecule has 1 saturated heterocycles. The van der Waals surface area contributed by atoms with Gasteiger partial charge in [-0.25, -0.2) is 8.42 Å². The number of benzene rings is 2. The van der Waals surface area contributed by atoms with Gasteiger partial charge in [-0.3, -0.25) is 4.79 Å². The van der Waals surface area contributed by atoms with Gasteiger partial charge in [0.15, 0.2) is 0 Å². The first-order valence-corrected chi connectivity index (χ1v) is 13.0. The second kappa shape index (κ2) is 10.5. The standard InChI is InChI=1S/C23H30N2O3S2/c1-18-9-12-25(13-10-18)30(27,28)22-8-4-7-21(16-22)23(26)24-11-14-29-17-20-6-3-5-19(2)15-20/h3-8,15-16,18H,9-14,17H2,1-2H3,(H,24,26). The van der Waals surface area contributed by atoms with Crippen LogP contribution in [0.15, 0.2) is 53.4 Å². The number of nitrogens with zero attached hydrogens (tertiary/aromatic N) is 1. The zero-order chi connectivity index (χ0) is 21.6. The van der Waals surface area contributed by atoms with E-state index in [0.717, 1.165) is 24.3 Å². The SMILES string of the molecule is Cc1cccc(CSCCNC(=O)c2cccc(S(=O)(=O)N3CCC(C)CC3)c2)c1. The van der Waals surface area contributed by atoms with E-state index in [1.165, 1.54) is 21.5 Å². The quantitative estimate of drug-likeness (QED) is 0.621. The molecule has 5 nitrogen and oxygen atoms in total. The van der Waals surface area contributed by atoms with Crippen LogP contribution in [0, 0.1) is 12.8 Å². The van der Waals surface area contributed by atoms with E-state index in [1.807, 2.05) is 0 Å². The lowest BCUT2D eigenvalue weighted by Crippen LogP contribution is -2.38. The minimum Gasteiger partial charge on any atom is -0.351 e. The summed E-state index contributed by atoms with van der Waals surface area (Å²) in [5, 5.41) is 2.89. The molecule has 0 aromatic heterocycles. The van der Waals surface area contributed by atoms with Crippen LogP contribution in [0.5, 0.6) is 0 Å².